The van der Waals surface area contributed by atoms with Crippen LogP contribution in [0.3, 0.4) is 0 Å². The van der Waals surface area contributed by atoms with Crippen LogP contribution < -0.4 is 15.0 Å². The number of pyridine rings is 2. The lowest BCUT2D eigenvalue weighted by Gasteiger charge is -2.52. The summed E-state index contributed by atoms with van der Waals surface area (Å²) in [6.07, 6.45) is 9.11. The van der Waals surface area contributed by atoms with E-state index in [1.807, 2.05) is 30.5 Å². The van der Waals surface area contributed by atoms with E-state index in [0.717, 1.165) is 67.6 Å². The summed E-state index contributed by atoms with van der Waals surface area (Å²) in [4.78, 5) is 11.5. The van der Waals surface area contributed by atoms with Gasteiger partial charge in [0.25, 0.3) is 0 Å². The molecular weight excluding hydrogens is 462 g/mol. The molecule has 190 valence electrons. The van der Waals surface area contributed by atoms with Gasteiger partial charge in [-0.2, -0.15) is 0 Å². The fourth-order valence-corrected chi connectivity index (χ4v) is 5.85. The van der Waals surface area contributed by atoms with Gasteiger partial charge in [-0.05, 0) is 61.9 Å². The van der Waals surface area contributed by atoms with E-state index in [1.54, 1.807) is 13.2 Å². The molecule has 0 radical (unpaired) electrons. The van der Waals surface area contributed by atoms with Crippen LogP contribution in [-0.4, -0.2) is 54.5 Å². The number of aliphatic hydroxyl groups excluding tert-OH is 1. The van der Waals surface area contributed by atoms with Crippen molar-refractivity contribution in [3.05, 3.63) is 65.9 Å². The number of rotatable bonds is 7. The highest BCUT2D eigenvalue weighted by molar-refractivity contribution is 5.88. The number of ether oxygens (including phenoxy) is 1. The van der Waals surface area contributed by atoms with Crippen molar-refractivity contribution in [1.82, 2.24) is 15.3 Å². The first-order valence-corrected chi connectivity index (χ1v) is 12.5. The van der Waals surface area contributed by atoms with Gasteiger partial charge in [-0.1, -0.05) is 12.2 Å². The fourth-order valence-electron chi connectivity index (χ4n) is 5.85. The molecule has 3 aromatic rings. The summed E-state index contributed by atoms with van der Waals surface area (Å²) in [5.74, 6) is 0.0904. The second kappa shape index (κ2) is 10.5. The Labute approximate surface area is 210 Å². The summed E-state index contributed by atoms with van der Waals surface area (Å²) < 4.78 is 32.5. The topological polar surface area (TPSA) is 70.5 Å². The highest BCUT2D eigenvalue weighted by atomic mass is 19.1. The molecule has 0 unspecified atom stereocenters. The Kier molecular flexibility index (Phi) is 7.16. The third kappa shape index (κ3) is 4.92. The highest BCUT2D eigenvalue weighted by Crippen LogP contribution is 2.47. The molecule has 5 rings (SSSR count). The normalized spacial score (nSPS) is 24.3. The molecule has 1 saturated heterocycles. The summed E-state index contributed by atoms with van der Waals surface area (Å²) in [5, 5.41) is 14.1. The number of benzene rings is 1. The van der Waals surface area contributed by atoms with Crippen LogP contribution in [0.5, 0.6) is 5.88 Å². The van der Waals surface area contributed by atoms with E-state index in [0.29, 0.717) is 24.4 Å². The maximum absolute atomic E-state index is 13.8. The third-order valence-corrected chi connectivity index (χ3v) is 7.86. The van der Waals surface area contributed by atoms with E-state index < -0.39 is 11.6 Å². The van der Waals surface area contributed by atoms with Crippen LogP contribution in [-0.2, 0) is 0 Å². The van der Waals surface area contributed by atoms with Crippen LogP contribution in [0, 0.1) is 23.0 Å². The Morgan fingerprint density at radius 3 is 2.94 bits per heavy atom. The van der Waals surface area contributed by atoms with Crippen molar-refractivity contribution in [3.63, 3.8) is 0 Å². The molecule has 2 aliphatic rings. The number of fused-ring (bicyclic) bond motifs is 2. The Morgan fingerprint density at radius 2 is 2.11 bits per heavy atom. The van der Waals surface area contributed by atoms with Crippen LogP contribution >= 0.6 is 0 Å². The van der Waals surface area contributed by atoms with Crippen LogP contribution in [0.25, 0.3) is 17.1 Å². The molecule has 1 aliphatic carbocycles. The lowest BCUT2D eigenvalue weighted by molar-refractivity contribution is 0.00193. The van der Waals surface area contributed by atoms with E-state index in [4.69, 9.17) is 4.74 Å². The van der Waals surface area contributed by atoms with Crippen LogP contribution in [0.15, 0.2) is 48.7 Å². The molecule has 2 fully saturated rings. The second-order valence-corrected chi connectivity index (χ2v) is 9.93. The first-order chi connectivity index (χ1) is 17.5. The second-order valence-electron chi connectivity index (χ2n) is 9.93. The largest absolute Gasteiger partial charge is 0.481 e. The van der Waals surface area contributed by atoms with Gasteiger partial charge in [-0.3, -0.25) is 4.98 Å². The molecular formula is C28H32F2N4O2. The van der Waals surface area contributed by atoms with Gasteiger partial charge in [0.2, 0.25) is 5.88 Å². The molecule has 1 aliphatic heterocycles. The molecule has 2 aromatic heterocycles. The minimum Gasteiger partial charge on any atom is -0.481 e. The van der Waals surface area contributed by atoms with Gasteiger partial charge < -0.3 is 20.1 Å². The van der Waals surface area contributed by atoms with Crippen molar-refractivity contribution in [2.75, 3.05) is 38.3 Å². The van der Waals surface area contributed by atoms with Gasteiger partial charge in [0, 0.05) is 48.9 Å². The zero-order valence-corrected chi connectivity index (χ0v) is 20.5. The number of hydrogen-bond acceptors (Lipinski definition) is 6. The highest BCUT2D eigenvalue weighted by Gasteiger charge is 2.46. The van der Waals surface area contributed by atoms with E-state index in [-0.39, 0.29) is 17.6 Å². The molecule has 0 bridgehead atoms. The summed E-state index contributed by atoms with van der Waals surface area (Å²) in [7, 11) is 1.61. The lowest BCUT2D eigenvalue weighted by Crippen LogP contribution is -2.55. The van der Waals surface area contributed by atoms with E-state index >= 15 is 0 Å². The summed E-state index contributed by atoms with van der Waals surface area (Å²) in [6.45, 7) is 2.40. The average Bonchev–Trinajstić information content (AvgIpc) is 2.91. The maximum Gasteiger partial charge on any atom is 0.213 e. The number of hydrogen-bond donors (Lipinski definition) is 2. The molecule has 6 nitrogen and oxygen atoms in total. The Morgan fingerprint density at radius 1 is 1.22 bits per heavy atom. The quantitative estimate of drug-likeness (QED) is 0.501. The minimum atomic E-state index is -0.447. The van der Waals surface area contributed by atoms with Gasteiger partial charge in [-0.25, -0.2) is 13.8 Å². The third-order valence-electron chi connectivity index (χ3n) is 7.86. The van der Waals surface area contributed by atoms with E-state index in [2.05, 4.69) is 20.2 Å². The van der Waals surface area contributed by atoms with Gasteiger partial charge in [0.05, 0.1) is 24.9 Å². The maximum atomic E-state index is 13.8. The molecule has 8 heteroatoms. The number of nitrogens with one attached hydrogen (secondary N) is 1. The molecule has 0 spiro atoms. The van der Waals surface area contributed by atoms with Gasteiger partial charge in [0.15, 0.2) is 0 Å². The summed E-state index contributed by atoms with van der Waals surface area (Å²) in [5.41, 5.74) is 2.77. The van der Waals surface area contributed by atoms with Crippen LogP contribution in [0.2, 0.25) is 0 Å². The predicted molar refractivity (Wildman–Crippen MR) is 137 cm³/mol. The van der Waals surface area contributed by atoms with Gasteiger partial charge in [-0.15, -0.1) is 0 Å². The van der Waals surface area contributed by atoms with Crippen molar-refractivity contribution in [3.8, 4) is 5.88 Å². The number of piperidine rings is 1. The lowest BCUT2D eigenvalue weighted by atomic mass is 9.62. The molecule has 3 atom stereocenters. The standard InChI is InChI=1S/C28H32F2N4O2/c1-36-26-7-6-24-27(33-26)25(9-13-32-24)34-14-10-20-16-22(8-11-28(20,17-34)18-35)31-12-2-3-19-15-21(29)4-5-23(19)30/h2-7,9,13,15,20,22,31,35H,8,10-12,14,16-18H2,1H3/b3-2+/t20-,22-,28+/m0/s1. The smallest absolute Gasteiger partial charge is 0.213 e. The monoisotopic (exact) mass is 494 g/mol. The van der Waals surface area contributed by atoms with Gasteiger partial charge >= 0.3 is 0 Å². The number of nitrogens with zero attached hydrogens (tertiary/aromatic N) is 3. The SMILES string of the molecule is COc1ccc2nccc(N3CC[C@H]4C[C@@H](NC/C=C/c5cc(F)ccc5F)CC[C@]4(CO)C3)c2n1. The summed E-state index contributed by atoms with van der Waals surface area (Å²) >= 11 is 0. The van der Waals surface area contributed by atoms with Crippen molar-refractivity contribution in [2.24, 2.45) is 11.3 Å². The molecule has 2 N–H and O–H groups in total. The molecule has 0 amide bonds. The molecule has 1 aromatic carbocycles. The van der Waals surface area contributed by atoms with Crippen molar-refractivity contribution < 1.29 is 18.6 Å². The number of aliphatic hydroxyl groups is 1. The number of methoxy groups -OCH3 is 1. The predicted octanol–water partition coefficient (Wildman–Crippen LogP) is 4.58. The molecule has 3 heterocycles. The fraction of sp³-hybridized carbons (Fsp3) is 0.429. The van der Waals surface area contributed by atoms with Crippen LogP contribution in [0.1, 0.15) is 31.2 Å². The Bertz CT molecular complexity index is 1250. The number of halogens is 2. The first-order valence-electron chi connectivity index (χ1n) is 12.5. The summed E-state index contributed by atoms with van der Waals surface area (Å²) in [6, 6.07) is 9.54. The number of aromatic nitrogens is 2. The average molecular weight is 495 g/mol. The van der Waals surface area contributed by atoms with Crippen LogP contribution in [0.4, 0.5) is 14.5 Å². The number of anilines is 1. The molecule has 1 saturated carbocycles. The van der Waals surface area contributed by atoms with Crippen molar-refractivity contribution >= 4 is 22.8 Å². The minimum absolute atomic E-state index is 0.152. The zero-order valence-electron chi connectivity index (χ0n) is 20.5. The first kappa shape index (κ1) is 24.6. The van der Waals surface area contributed by atoms with Crippen molar-refractivity contribution in [1.29, 1.82) is 0 Å². The Hall–Kier alpha value is -3.10. The zero-order chi connectivity index (χ0) is 25.1. The Balaban J connectivity index is 1.24. The molecule has 36 heavy (non-hydrogen) atoms. The van der Waals surface area contributed by atoms with Crippen molar-refractivity contribution in [2.45, 2.75) is 31.7 Å². The van der Waals surface area contributed by atoms with E-state index in [9.17, 15) is 13.9 Å². The van der Waals surface area contributed by atoms with E-state index in [1.165, 1.54) is 6.07 Å². The van der Waals surface area contributed by atoms with Gasteiger partial charge in [0.1, 0.15) is 17.2 Å².